The first-order valence-electron chi connectivity index (χ1n) is 7.87. The fourth-order valence-corrected chi connectivity index (χ4v) is 2.63. The van der Waals surface area contributed by atoms with Gasteiger partial charge in [0.2, 0.25) is 5.88 Å². The van der Waals surface area contributed by atoms with Crippen LogP contribution in [0.25, 0.3) is 0 Å². The van der Waals surface area contributed by atoms with Crippen LogP contribution in [-0.4, -0.2) is 52.6 Å². The lowest BCUT2D eigenvalue weighted by Crippen LogP contribution is -2.35. The van der Waals surface area contributed by atoms with Gasteiger partial charge in [-0.05, 0) is 60.5 Å². The summed E-state index contributed by atoms with van der Waals surface area (Å²) in [5.41, 5.74) is -0.533. The smallest absolute Gasteiger partial charge is 0.435 e. The van der Waals surface area contributed by atoms with Crippen molar-refractivity contribution in [3.05, 3.63) is 12.3 Å². The number of aromatic nitrogens is 2. The molecule has 0 bridgehead atoms. The third-order valence-corrected chi connectivity index (χ3v) is 3.81. The van der Waals surface area contributed by atoms with Crippen molar-refractivity contribution in [2.24, 2.45) is 0 Å². The van der Waals surface area contributed by atoms with Gasteiger partial charge in [-0.2, -0.15) is 4.68 Å². The van der Waals surface area contributed by atoms with Crippen LogP contribution < -0.4 is 4.74 Å². The van der Waals surface area contributed by atoms with Gasteiger partial charge in [0, 0.05) is 18.3 Å². The topological polar surface area (TPSA) is 56.6 Å². The first kappa shape index (κ1) is 16.8. The molecule has 1 fully saturated rings. The molecule has 6 heteroatoms. The summed E-state index contributed by atoms with van der Waals surface area (Å²) in [5.74, 6) is 0.485. The van der Waals surface area contributed by atoms with Gasteiger partial charge in [-0.1, -0.05) is 0 Å². The van der Waals surface area contributed by atoms with Crippen LogP contribution in [0.15, 0.2) is 12.3 Å². The van der Waals surface area contributed by atoms with E-state index in [1.165, 1.54) is 4.68 Å². The van der Waals surface area contributed by atoms with Gasteiger partial charge in [-0.15, -0.1) is 5.10 Å². The van der Waals surface area contributed by atoms with Gasteiger partial charge in [0.15, 0.2) is 0 Å². The van der Waals surface area contributed by atoms with Crippen molar-refractivity contribution >= 4 is 6.09 Å². The summed E-state index contributed by atoms with van der Waals surface area (Å²) in [5, 5.41) is 4.15. The summed E-state index contributed by atoms with van der Waals surface area (Å²) in [6, 6.07) is 2.35. The fraction of sp³-hybridized carbons (Fsp3) is 0.750. The van der Waals surface area contributed by atoms with Crippen LogP contribution in [0.1, 0.15) is 46.5 Å². The molecular formula is C16H27N3O3. The molecule has 0 spiro atoms. The third-order valence-electron chi connectivity index (χ3n) is 3.81. The standard InChI is InChI=1S/C16H27N3O3/c1-16(2,3)22-15(20)19-11-10-14(17-19)21-13-8-6-12(7-9-13)18(4)5/h10-13H,6-9H2,1-5H3. The molecule has 1 aliphatic carbocycles. The maximum Gasteiger partial charge on any atom is 0.435 e. The highest BCUT2D eigenvalue weighted by Gasteiger charge is 2.24. The van der Waals surface area contributed by atoms with Crippen molar-refractivity contribution in [1.82, 2.24) is 14.7 Å². The van der Waals surface area contributed by atoms with Gasteiger partial charge in [0.05, 0.1) is 0 Å². The van der Waals surface area contributed by atoms with E-state index >= 15 is 0 Å². The second-order valence-corrected chi connectivity index (χ2v) is 7.09. The molecule has 124 valence electrons. The normalized spacial score (nSPS) is 22.6. The van der Waals surface area contributed by atoms with Gasteiger partial charge in [-0.25, -0.2) is 4.79 Å². The quantitative estimate of drug-likeness (QED) is 0.859. The minimum Gasteiger partial charge on any atom is -0.473 e. The highest BCUT2D eigenvalue weighted by molar-refractivity contribution is 5.69. The summed E-state index contributed by atoms with van der Waals surface area (Å²) >= 11 is 0. The van der Waals surface area contributed by atoms with E-state index in [-0.39, 0.29) is 6.10 Å². The molecule has 2 rings (SSSR count). The van der Waals surface area contributed by atoms with Crippen molar-refractivity contribution in [2.75, 3.05) is 14.1 Å². The van der Waals surface area contributed by atoms with Gasteiger partial charge in [0.1, 0.15) is 11.7 Å². The Bertz CT molecular complexity index is 497. The summed E-state index contributed by atoms with van der Waals surface area (Å²) in [7, 11) is 4.24. The molecule has 1 saturated carbocycles. The average molecular weight is 309 g/mol. The largest absolute Gasteiger partial charge is 0.473 e. The Balaban J connectivity index is 1.86. The fourth-order valence-electron chi connectivity index (χ4n) is 2.63. The molecule has 1 aromatic heterocycles. The van der Waals surface area contributed by atoms with Crippen LogP contribution >= 0.6 is 0 Å². The Kier molecular flexibility index (Phi) is 5.11. The zero-order chi connectivity index (χ0) is 16.3. The third kappa shape index (κ3) is 4.73. The predicted octanol–water partition coefficient (Wildman–Crippen LogP) is 2.92. The van der Waals surface area contributed by atoms with E-state index in [0.29, 0.717) is 11.9 Å². The molecule has 0 amide bonds. The van der Waals surface area contributed by atoms with Gasteiger partial charge in [-0.3, -0.25) is 0 Å². The Morgan fingerprint density at radius 3 is 2.45 bits per heavy atom. The van der Waals surface area contributed by atoms with Gasteiger partial charge >= 0.3 is 6.09 Å². The van der Waals surface area contributed by atoms with Crippen LogP contribution in [0, 0.1) is 0 Å². The van der Waals surface area contributed by atoms with Crippen molar-refractivity contribution < 1.29 is 14.3 Å². The first-order chi connectivity index (χ1) is 10.2. The zero-order valence-corrected chi connectivity index (χ0v) is 14.2. The van der Waals surface area contributed by atoms with Crippen LogP contribution in [0.2, 0.25) is 0 Å². The Hall–Kier alpha value is -1.56. The van der Waals surface area contributed by atoms with Crippen LogP contribution in [-0.2, 0) is 4.74 Å². The van der Waals surface area contributed by atoms with Crippen molar-refractivity contribution in [2.45, 2.75) is 64.2 Å². The van der Waals surface area contributed by atoms with E-state index < -0.39 is 11.7 Å². The first-order valence-corrected chi connectivity index (χ1v) is 7.87. The molecule has 0 aromatic carbocycles. The van der Waals surface area contributed by atoms with Crippen LogP contribution in [0.3, 0.4) is 0 Å². The van der Waals surface area contributed by atoms with E-state index in [4.69, 9.17) is 9.47 Å². The molecule has 0 N–H and O–H groups in total. The average Bonchev–Trinajstić information content (AvgIpc) is 2.86. The van der Waals surface area contributed by atoms with Gasteiger partial charge < -0.3 is 14.4 Å². The summed E-state index contributed by atoms with van der Waals surface area (Å²) in [6.07, 6.45) is 5.56. The second kappa shape index (κ2) is 6.69. The number of hydrogen-bond acceptors (Lipinski definition) is 5. The Morgan fingerprint density at radius 1 is 1.27 bits per heavy atom. The minimum absolute atomic E-state index is 0.179. The highest BCUT2D eigenvalue weighted by atomic mass is 16.6. The van der Waals surface area contributed by atoms with E-state index in [0.717, 1.165) is 25.7 Å². The van der Waals surface area contributed by atoms with E-state index in [2.05, 4.69) is 24.1 Å². The number of carbonyl (C=O) groups excluding carboxylic acids is 1. The summed E-state index contributed by atoms with van der Waals surface area (Å²) < 4.78 is 12.3. The van der Waals surface area contributed by atoms with E-state index in [9.17, 15) is 4.79 Å². The zero-order valence-electron chi connectivity index (χ0n) is 14.2. The minimum atomic E-state index is -0.533. The molecule has 0 radical (unpaired) electrons. The lowest BCUT2D eigenvalue weighted by Gasteiger charge is -2.32. The molecule has 1 aliphatic rings. The molecule has 1 aromatic rings. The second-order valence-electron chi connectivity index (χ2n) is 7.09. The van der Waals surface area contributed by atoms with E-state index in [1.54, 1.807) is 12.3 Å². The maximum absolute atomic E-state index is 11.9. The maximum atomic E-state index is 11.9. The molecule has 0 saturated heterocycles. The molecule has 6 nitrogen and oxygen atoms in total. The number of rotatable bonds is 3. The molecular weight excluding hydrogens is 282 g/mol. The van der Waals surface area contributed by atoms with Crippen molar-refractivity contribution in [1.29, 1.82) is 0 Å². The number of carbonyl (C=O) groups is 1. The van der Waals surface area contributed by atoms with Crippen LogP contribution in [0.5, 0.6) is 5.88 Å². The predicted molar refractivity (Wildman–Crippen MR) is 84.2 cm³/mol. The molecule has 0 atom stereocenters. The number of ether oxygens (including phenoxy) is 2. The summed E-state index contributed by atoms with van der Waals surface area (Å²) in [6.45, 7) is 5.49. The van der Waals surface area contributed by atoms with Crippen molar-refractivity contribution in [3.8, 4) is 5.88 Å². The number of hydrogen-bond donors (Lipinski definition) is 0. The molecule has 1 heterocycles. The molecule has 22 heavy (non-hydrogen) atoms. The highest BCUT2D eigenvalue weighted by Crippen LogP contribution is 2.25. The van der Waals surface area contributed by atoms with Crippen molar-refractivity contribution in [3.63, 3.8) is 0 Å². The van der Waals surface area contributed by atoms with E-state index in [1.807, 2.05) is 20.8 Å². The lowest BCUT2D eigenvalue weighted by atomic mass is 9.92. The van der Waals surface area contributed by atoms with Gasteiger partial charge in [0.25, 0.3) is 0 Å². The SMILES string of the molecule is CN(C)C1CCC(Oc2ccn(C(=O)OC(C)(C)C)n2)CC1. The lowest BCUT2D eigenvalue weighted by molar-refractivity contribution is 0.0506. The summed E-state index contributed by atoms with van der Waals surface area (Å²) in [4.78, 5) is 14.2. The Labute approximate surface area is 132 Å². The molecule has 0 unspecified atom stereocenters. The Morgan fingerprint density at radius 2 is 1.91 bits per heavy atom. The number of nitrogens with zero attached hydrogens (tertiary/aromatic N) is 3. The molecule has 0 aliphatic heterocycles. The van der Waals surface area contributed by atoms with Crippen LogP contribution in [0.4, 0.5) is 4.79 Å². The monoisotopic (exact) mass is 309 g/mol.